The summed E-state index contributed by atoms with van der Waals surface area (Å²) in [4.78, 5) is 10.1. The molecule has 0 radical (unpaired) electrons. The second-order valence-electron chi connectivity index (χ2n) is 4.93. The molecule has 0 saturated heterocycles. The van der Waals surface area contributed by atoms with E-state index in [4.69, 9.17) is 0 Å². The van der Waals surface area contributed by atoms with Crippen molar-refractivity contribution in [1.82, 2.24) is 5.32 Å². The monoisotopic (exact) mass is 171 g/mol. The molecule has 0 aliphatic heterocycles. The summed E-state index contributed by atoms with van der Waals surface area (Å²) < 4.78 is 0. The zero-order chi connectivity index (χ0) is 9.83. The number of hydrogen-bond acceptors (Lipinski definition) is 2. The minimum Gasteiger partial charge on any atom is -0.310 e. The normalized spacial score (nSPS) is 13.1. The van der Waals surface area contributed by atoms with Crippen LogP contribution >= 0.6 is 0 Å². The first kappa shape index (κ1) is 11.6. The predicted octanol–water partition coefficient (Wildman–Crippen LogP) is 1.85. The molecule has 0 aromatic carbocycles. The van der Waals surface area contributed by atoms with E-state index >= 15 is 0 Å². The van der Waals surface area contributed by atoms with Crippen molar-refractivity contribution in [3.8, 4) is 0 Å². The van der Waals surface area contributed by atoms with Gasteiger partial charge in [0, 0.05) is 6.54 Å². The van der Waals surface area contributed by atoms with Gasteiger partial charge in [-0.2, -0.15) is 0 Å². The van der Waals surface area contributed by atoms with Crippen molar-refractivity contribution in [1.29, 1.82) is 0 Å². The quantitative estimate of drug-likeness (QED) is 0.516. The third kappa shape index (κ3) is 3.35. The maximum atomic E-state index is 10.1. The highest BCUT2D eigenvalue weighted by atomic mass is 16.1. The lowest BCUT2D eigenvalue weighted by atomic mass is 9.69. The van der Waals surface area contributed by atoms with E-state index < -0.39 is 0 Å². The van der Waals surface area contributed by atoms with Gasteiger partial charge in [-0.1, -0.05) is 34.6 Å². The third-order valence-electron chi connectivity index (χ3n) is 2.82. The Morgan fingerprint density at radius 2 is 1.67 bits per heavy atom. The highest BCUT2D eigenvalue weighted by Gasteiger charge is 2.31. The Balaban J connectivity index is 3.95. The van der Waals surface area contributed by atoms with Crippen molar-refractivity contribution in [2.45, 2.75) is 34.6 Å². The van der Waals surface area contributed by atoms with Crippen LogP contribution in [-0.2, 0) is 4.79 Å². The van der Waals surface area contributed by atoms with Gasteiger partial charge >= 0.3 is 0 Å². The predicted molar refractivity (Wildman–Crippen MR) is 52.2 cm³/mol. The van der Waals surface area contributed by atoms with Crippen LogP contribution in [0, 0.1) is 10.8 Å². The second kappa shape index (κ2) is 4.04. The zero-order valence-electron chi connectivity index (χ0n) is 8.90. The minimum absolute atomic E-state index is 0.218. The lowest BCUT2D eigenvalue weighted by molar-refractivity contribution is -0.107. The van der Waals surface area contributed by atoms with E-state index in [9.17, 15) is 4.79 Å². The van der Waals surface area contributed by atoms with Crippen LogP contribution in [0.3, 0.4) is 0 Å². The highest BCUT2D eigenvalue weighted by molar-refractivity contribution is 5.51. The molecular weight excluding hydrogens is 150 g/mol. The summed E-state index contributed by atoms with van der Waals surface area (Å²) in [5, 5.41) is 3.11. The molecule has 0 fully saturated rings. The standard InChI is InChI=1S/C10H21NO/c1-9(2,3)10(4,5)8-11-6-7-12/h7,11H,6,8H2,1-5H3. The summed E-state index contributed by atoms with van der Waals surface area (Å²) in [6.07, 6.45) is 0.902. The van der Waals surface area contributed by atoms with Gasteiger partial charge in [0.15, 0.2) is 0 Å². The van der Waals surface area contributed by atoms with Crippen LogP contribution in [0.15, 0.2) is 0 Å². The van der Waals surface area contributed by atoms with E-state index in [0.29, 0.717) is 6.54 Å². The highest BCUT2D eigenvalue weighted by Crippen LogP contribution is 2.36. The molecule has 0 bridgehead atoms. The minimum atomic E-state index is 0.218. The van der Waals surface area contributed by atoms with E-state index in [1.54, 1.807) is 0 Å². The molecular formula is C10H21NO. The summed E-state index contributed by atoms with van der Waals surface area (Å²) in [6.45, 7) is 12.4. The van der Waals surface area contributed by atoms with Gasteiger partial charge in [-0.25, -0.2) is 0 Å². The molecule has 0 aromatic rings. The van der Waals surface area contributed by atoms with E-state index in [2.05, 4.69) is 39.9 Å². The number of nitrogens with one attached hydrogen (secondary N) is 1. The van der Waals surface area contributed by atoms with Crippen molar-refractivity contribution >= 4 is 6.29 Å². The van der Waals surface area contributed by atoms with Crippen molar-refractivity contribution in [3.05, 3.63) is 0 Å². The fraction of sp³-hybridized carbons (Fsp3) is 0.900. The van der Waals surface area contributed by atoms with Gasteiger partial charge in [0.1, 0.15) is 6.29 Å². The summed E-state index contributed by atoms with van der Waals surface area (Å²) >= 11 is 0. The molecule has 0 aliphatic carbocycles. The Hall–Kier alpha value is -0.370. The van der Waals surface area contributed by atoms with Gasteiger partial charge in [0.25, 0.3) is 0 Å². The summed E-state index contributed by atoms with van der Waals surface area (Å²) in [5.74, 6) is 0. The number of hydrogen-bond donors (Lipinski definition) is 1. The van der Waals surface area contributed by atoms with E-state index in [1.807, 2.05) is 0 Å². The third-order valence-corrected chi connectivity index (χ3v) is 2.82. The summed E-state index contributed by atoms with van der Waals surface area (Å²) in [6, 6.07) is 0. The van der Waals surface area contributed by atoms with Crippen LogP contribution in [0.25, 0.3) is 0 Å². The lowest BCUT2D eigenvalue weighted by Crippen LogP contribution is -2.39. The van der Waals surface area contributed by atoms with Crippen LogP contribution in [0.4, 0.5) is 0 Å². The molecule has 0 spiro atoms. The maximum absolute atomic E-state index is 10.1. The summed E-state index contributed by atoms with van der Waals surface area (Å²) in [7, 11) is 0. The Morgan fingerprint density at radius 3 is 2.00 bits per heavy atom. The van der Waals surface area contributed by atoms with Gasteiger partial charge in [0.2, 0.25) is 0 Å². The molecule has 0 unspecified atom stereocenters. The first-order chi connectivity index (χ1) is 5.31. The Labute approximate surface area is 75.7 Å². The molecule has 2 heteroatoms. The van der Waals surface area contributed by atoms with Crippen LogP contribution < -0.4 is 5.32 Å². The Morgan fingerprint density at radius 1 is 1.17 bits per heavy atom. The molecule has 0 aromatic heterocycles. The van der Waals surface area contributed by atoms with Gasteiger partial charge in [-0.05, 0) is 10.8 Å². The number of carbonyl (C=O) groups is 1. The molecule has 0 heterocycles. The Kier molecular flexibility index (Phi) is 3.91. The van der Waals surface area contributed by atoms with Gasteiger partial charge in [0.05, 0.1) is 6.54 Å². The van der Waals surface area contributed by atoms with Crippen LogP contribution in [0.2, 0.25) is 0 Å². The van der Waals surface area contributed by atoms with Crippen molar-refractivity contribution in [2.24, 2.45) is 10.8 Å². The molecule has 0 rings (SSSR count). The maximum Gasteiger partial charge on any atom is 0.133 e. The van der Waals surface area contributed by atoms with Crippen molar-refractivity contribution in [2.75, 3.05) is 13.1 Å². The van der Waals surface area contributed by atoms with Crippen molar-refractivity contribution in [3.63, 3.8) is 0 Å². The fourth-order valence-electron chi connectivity index (χ4n) is 0.709. The first-order valence-electron chi connectivity index (χ1n) is 4.45. The largest absolute Gasteiger partial charge is 0.310 e. The molecule has 1 N–H and O–H groups in total. The number of rotatable bonds is 4. The van der Waals surface area contributed by atoms with E-state index in [0.717, 1.165) is 12.8 Å². The second-order valence-corrected chi connectivity index (χ2v) is 4.93. The molecule has 2 nitrogen and oxygen atoms in total. The molecule has 0 amide bonds. The van der Waals surface area contributed by atoms with Gasteiger partial charge in [-0.3, -0.25) is 0 Å². The zero-order valence-corrected chi connectivity index (χ0v) is 8.90. The number of carbonyl (C=O) groups excluding carboxylic acids is 1. The molecule has 0 aliphatic rings. The molecule has 72 valence electrons. The van der Waals surface area contributed by atoms with Crippen LogP contribution in [0.5, 0.6) is 0 Å². The van der Waals surface area contributed by atoms with Crippen LogP contribution in [0.1, 0.15) is 34.6 Å². The Bertz CT molecular complexity index is 144. The smallest absolute Gasteiger partial charge is 0.133 e. The SMILES string of the molecule is CC(C)(C)C(C)(C)CNCC=O. The van der Waals surface area contributed by atoms with E-state index in [1.165, 1.54) is 0 Å². The molecule has 0 saturated carbocycles. The average Bonchev–Trinajstić information content (AvgIpc) is 1.85. The fourth-order valence-corrected chi connectivity index (χ4v) is 0.709. The van der Waals surface area contributed by atoms with Crippen molar-refractivity contribution < 1.29 is 4.79 Å². The average molecular weight is 171 g/mol. The van der Waals surface area contributed by atoms with Gasteiger partial charge < -0.3 is 10.1 Å². The molecule has 0 atom stereocenters. The van der Waals surface area contributed by atoms with Gasteiger partial charge in [-0.15, -0.1) is 0 Å². The lowest BCUT2D eigenvalue weighted by Gasteiger charge is -2.39. The molecule has 12 heavy (non-hydrogen) atoms. The van der Waals surface area contributed by atoms with E-state index in [-0.39, 0.29) is 10.8 Å². The van der Waals surface area contributed by atoms with Crippen LogP contribution in [-0.4, -0.2) is 19.4 Å². The summed E-state index contributed by atoms with van der Waals surface area (Å²) in [5.41, 5.74) is 0.485. The number of aldehydes is 1. The topological polar surface area (TPSA) is 29.1 Å². The first-order valence-corrected chi connectivity index (χ1v) is 4.45.